The van der Waals surface area contributed by atoms with E-state index in [1.54, 1.807) is 0 Å². The molecule has 2 aliphatic rings. The van der Waals surface area contributed by atoms with Gasteiger partial charge in [-0.05, 0) is 30.5 Å². The molecule has 0 radical (unpaired) electrons. The van der Waals surface area contributed by atoms with E-state index in [-0.39, 0.29) is 18.4 Å². The first-order valence-corrected chi connectivity index (χ1v) is 8.17. The summed E-state index contributed by atoms with van der Waals surface area (Å²) in [6.45, 7) is -0.372. The summed E-state index contributed by atoms with van der Waals surface area (Å²) in [5.41, 5.74) is 0.678. The van der Waals surface area contributed by atoms with Crippen molar-refractivity contribution in [2.24, 2.45) is 0 Å². The highest BCUT2D eigenvalue weighted by molar-refractivity contribution is 6.45. The number of amides is 5. The third-order valence-electron chi connectivity index (χ3n) is 4.48. The number of benzene rings is 1. The fourth-order valence-electron chi connectivity index (χ4n) is 3.15. The van der Waals surface area contributed by atoms with Crippen molar-refractivity contribution in [1.82, 2.24) is 15.1 Å². The second-order valence-electron chi connectivity index (χ2n) is 6.19. The Labute approximate surface area is 143 Å². The number of halogens is 1. The van der Waals surface area contributed by atoms with E-state index in [9.17, 15) is 23.6 Å². The van der Waals surface area contributed by atoms with Gasteiger partial charge in [0.15, 0.2) is 0 Å². The van der Waals surface area contributed by atoms with E-state index in [1.165, 1.54) is 24.3 Å². The first kappa shape index (κ1) is 17.1. The number of nitrogens with one attached hydrogen (secondary N) is 1. The van der Waals surface area contributed by atoms with Gasteiger partial charge in [0.1, 0.15) is 12.4 Å². The molecule has 8 heteroatoms. The molecule has 0 aromatic heterocycles. The topological polar surface area (TPSA) is 86.8 Å². The van der Waals surface area contributed by atoms with Crippen molar-refractivity contribution in [3.8, 4) is 0 Å². The summed E-state index contributed by atoms with van der Waals surface area (Å²) in [6.07, 6.45) is 3.20. The van der Waals surface area contributed by atoms with Crippen molar-refractivity contribution in [1.29, 1.82) is 0 Å². The molecule has 3 rings (SSSR count). The van der Waals surface area contributed by atoms with Crippen molar-refractivity contribution in [3.63, 3.8) is 0 Å². The highest BCUT2D eigenvalue weighted by atomic mass is 19.1. The molecule has 0 spiro atoms. The Morgan fingerprint density at radius 1 is 1.08 bits per heavy atom. The maximum Gasteiger partial charge on any atom is 0.334 e. The summed E-state index contributed by atoms with van der Waals surface area (Å²) in [5, 5.41) is 2.55. The summed E-state index contributed by atoms with van der Waals surface area (Å²) >= 11 is 0. The van der Waals surface area contributed by atoms with E-state index in [0.717, 1.165) is 17.7 Å². The Bertz CT molecular complexity index is 713. The van der Waals surface area contributed by atoms with Crippen LogP contribution >= 0.6 is 0 Å². The number of nitrogens with zero attached hydrogens (tertiary/aromatic N) is 2. The van der Waals surface area contributed by atoms with Crippen molar-refractivity contribution >= 4 is 23.8 Å². The molecule has 1 N–H and O–H groups in total. The number of carbonyl (C=O) groups is 4. The van der Waals surface area contributed by atoms with Crippen LogP contribution in [0, 0.1) is 5.82 Å². The molecule has 1 aliphatic heterocycles. The average Bonchev–Trinajstić information content (AvgIpc) is 3.18. The molecule has 0 atom stereocenters. The lowest BCUT2D eigenvalue weighted by Gasteiger charge is -2.20. The van der Waals surface area contributed by atoms with Crippen LogP contribution in [0.2, 0.25) is 0 Å². The van der Waals surface area contributed by atoms with Crippen molar-refractivity contribution in [2.75, 3.05) is 6.54 Å². The molecule has 25 heavy (non-hydrogen) atoms. The number of carbonyl (C=O) groups excluding carboxylic acids is 4. The Hall–Kier alpha value is -2.77. The zero-order valence-corrected chi connectivity index (χ0v) is 13.5. The molecule has 1 heterocycles. The third-order valence-corrected chi connectivity index (χ3v) is 4.48. The molecule has 5 amide bonds. The summed E-state index contributed by atoms with van der Waals surface area (Å²) in [5.74, 6) is -2.77. The highest BCUT2D eigenvalue weighted by Crippen LogP contribution is 2.27. The second kappa shape index (κ2) is 7.00. The van der Waals surface area contributed by atoms with Gasteiger partial charge in [0.25, 0.3) is 0 Å². The number of urea groups is 1. The minimum Gasteiger partial charge on any atom is -0.350 e. The first-order chi connectivity index (χ1) is 12.0. The molecule has 1 aliphatic carbocycles. The molecule has 0 bridgehead atoms. The number of hydrogen-bond acceptors (Lipinski definition) is 4. The Morgan fingerprint density at radius 3 is 2.36 bits per heavy atom. The van der Waals surface area contributed by atoms with Gasteiger partial charge in [0.2, 0.25) is 5.91 Å². The van der Waals surface area contributed by atoms with Crippen LogP contribution in [0.5, 0.6) is 0 Å². The smallest absolute Gasteiger partial charge is 0.334 e. The maximum absolute atomic E-state index is 12.8. The van der Waals surface area contributed by atoms with Gasteiger partial charge in [-0.25, -0.2) is 14.1 Å². The number of imide groups is 2. The Morgan fingerprint density at radius 2 is 1.72 bits per heavy atom. The van der Waals surface area contributed by atoms with Gasteiger partial charge in [-0.2, -0.15) is 0 Å². The van der Waals surface area contributed by atoms with Crippen LogP contribution in [0.1, 0.15) is 31.2 Å². The minimum atomic E-state index is -0.964. The SMILES string of the molecule is O=C(CN1C(=O)C(=O)N(C2CCCC2)C1=O)NCc1ccc(F)cc1. The summed E-state index contributed by atoms with van der Waals surface area (Å²) in [6, 6.07) is 4.61. The van der Waals surface area contributed by atoms with Crippen molar-refractivity contribution in [3.05, 3.63) is 35.6 Å². The maximum atomic E-state index is 12.8. The standard InChI is InChI=1S/C17H18FN3O4/c18-12-7-5-11(6-8-12)9-19-14(22)10-20-15(23)16(24)21(17(20)25)13-3-1-2-4-13/h5-8,13H,1-4,9-10H2,(H,19,22). The van der Waals surface area contributed by atoms with E-state index < -0.39 is 30.3 Å². The van der Waals surface area contributed by atoms with Crippen LogP contribution < -0.4 is 5.32 Å². The van der Waals surface area contributed by atoms with Gasteiger partial charge in [0, 0.05) is 12.6 Å². The molecule has 1 aromatic carbocycles. The third kappa shape index (κ3) is 3.52. The molecule has 7 nitrogen and oxygen atoms in total. The monoisotopic (exact) mass is 347 g/mol. The summed E-state index contributed by atoms with van der Waals surface area (Å²) < 4.78 is 12.8. The molecule has 2 fully saturated rings. The fourth-order valence-corrected chi connectivity index (χ4v) is 3.15. The van der Waals surface area contributed by atoms with Crippen LogP contribution in [0.3, 0.4) is 0 Å². The molecule has 1 saturated carbocycles. The predicted octanol–water partition coefficient (Wildman–Crippen LogP) is 1.18. The van der Waals surface area contributed by atoms with Crippen LogP contribution in [0.4, 0.5) is 9.18 Å². The number of rotatable bonds is 5. The molecule has 132 valence electrons. The van der Waals surface area contributed by atoms with Crippen LogP contribution in [0.25, 0.3) is 0 Å². The van der Waals surface area contributed by atoms with Gasteiger partial charge in [0.05, 0.1) is 0 Å². The lowest BCUT2D eigenvalue weighted by molar-refractivity contribution is -0.144. The quantitative estimate of drug-likeness (QED) is 0.640. The molecule has 1 saturated heterocycles. The van der Waals surface area contributed by atoms with E-state index >= 15 is 0 Å². The average molecular weight is 347 g/mol. The van der Waals surface area contributed by atoms with E-state index in [4.69, 9.17) is 0 Å². The van der Waals surface area contributed by atoms with Crippen LogP contribution in [-0.4, -0.2) is 46.1 Å². The number of hydrogen-bond donors (Lipinski definition) is 1. The zero-order valence-electron chi connectivity index (χ0n) is 13.5. The summed E-state index contributed by atoms with van der Waals surface area (Å²) in [7, 11) is 0. The highest BCUT2D eigenvalue weighted by Gasteiger charge is 2.48. The van der Waals surface area contributed by atoms with Gasteiger partial charge >= 0.3 is 17.8 Å². The predicted molar refractivity (Wildman–Crippen MR) is 84.5 cm³/mol. The fraction of sp³-hybridized carbons (Fsp3) is 0.412. The van der Waals surface area contributed by atoms with Crippen LogP contribution in [0.15, 0.2) is 24.3 Å². The lowest BCUT2D eigenvalue weighted by Crippen LogP contribution is -2.43. The molecule has 0 unspecified atom stereocenters. The molecule has 1 aromatic rings. The van der Waals surface area contributed by atoms with E-state index in [2.05, 4.69) is 5.32 Å². The van der Waals surface area contributed by atoms with Crippen LogP contribution in [-0.2, 0) is 20.9 Å². The van der Waals surface area contributed by atoms with Gasteiger partial charge in [-0.1, -0.05) is 25.0 Å². The van der Waals surface area contributed by atoms with E-state index in [0.29, 0.717) is 23.3 Å². The van der Waals surface area contributed by atoms with Crippen molar-refractivity contribution < 1.29 is 23.6 Å². The minimum absolute atomic E-state index is 0.135. The first-order valence-electron chi connectivity index (χ1n) is 8.17. The van der Waals surface area contributed by atoms with Crippen molar-refractivity contribution in [2.45, 2.75) is 38.3 Å². The lowest BCUT2D eigenvalue weighted by atomic mass is 10.2. The normalized spacial score (nSPS) is 18.4. The molecular weight excluding hydrogens is 329 g/mol. The second-order valence-corrected chi connectivity index (χ2v) is 6.19. The Kier molecular flexibility index (Phi) is 4.78. The van der Waals surface area contributed by atoms with Gasteiger partial charge in [-0.3, -0.25) is 19.3 Å². The zero-order chi connectivity index (χ0) is 18.0. The Balaban J connectivity index is 1.58. The molecular formula is C17H18FN3O4. The van der Waals surface area contributed by atoms with E-state index in [1.807, 2.05) is 0 Å². The summed E-state index contributed by atoms with van der Waals surface area (Å²) in [4.78, 5) is 50.1. The van der Waals surface area contributed by atoms with Gasteiger partial charge in [-0.15, -0.1) is 0 Å². The van der Waals surface area contributed by atoms with Gasteiger partial charge < -0.3 is 5.32 Å². The largest absolute Gasteiger partial charge is 0.350 e.